The van der Waals surface area contributed by atoms with Crippen LogP contribution in [0.4, 0.5) is 11.4 Å². The molecule has 29 heavy (non-hydrogen) atoms. The van der Waals surface area contributed by atoms with Crippen LogP contribution >= 0.6 is 0 Å². The van der Waals surface area contributed by atoms with Crippen LogP contribution in [0.5, 0.6) is 0 Å². The monoisotopic (exact) mass is 388 g/mol. The number of hydrogen-bond acceptors (Lipinski definition) is 4. The van der Waals surface area contributed by atoms with E-state index in [0.717, 1.165) is 34.9 Å². The van der Waals surface area contributed by atoms with Crippen molar-refractivity contribution in [3.63, 3.8) is 0 Å². The van der Waals surface area contributed by atoms with Gasteiger partial charge >= 0.3 is 0 Å². The van der Waals surface area contributed by atoms with Crippen LogP contribution < -0.4 is 15.3 Å². The minimum Gasteiger partial charge on any atom is -0.545 e. The second kappa shape index (κ2) is 8.90. The SMILES string of the molecule is O=C([O-])c1cc(NCc2ccc(-c3ccccc3)cc2)ccc1[NH+]1CCOCC1. The smallest absolute Gasteiger partial charge is 0.140 e. The summed E-state index contributed by atoms with van der Waals surface area (Å²) in [5.74, 6) is -1.14. The highest BCUT2D eigenvalue weighted by Gasteiger charge is 2.20. The van der Waals surface area contributed by atoms with Crippen LogP contribution in [0.1, 0.15) is 15.9 Å². The molecule has 2 N–H and O–H groups in total. The van der Waals surface area contributed by atoms with E-state index in [1.807, 2.05) is 30.3 Å². The summed E-state index contributed by atoms with van der Waals surface area (Å²) < 4.78 is 5.37. The van der Waals surface area contributed by atoms with E-state index in [1.165, 1.54) is 11.1 Å². The number of benzene rings is 3. The molecule has 4 rings (SSSR count). The number of nitrogens with one attached hydrogen (secondary N) is 2. The molecule has 1 heterocycles. The Labute approximate surface area is 170 Å². The number of carbonyl (C=O) groups is 1. The number of rotatable bonds is 6. The van der Waals surface area contributed by atoms with E-state index in [1.54, 1.807) is 6.07 Å². The Balaban J connectivity index is 1.45. The van der Waals surface area contributed by atoms with E-state index in [9.17, 15) is 9.90 Å². The maximum absolute atomic E-state index is 11.7. The number of carbonyl (C=O) groups excluding carboxylic acids is 1. The molecular weight excluding hydrogens is 364 g/mol. The lowest BCUT2D eigenvalue weighted by Crippen LogP contribution is -3.09. The van der Waals surface area contributed by atoms with Crippen molar-refractivity contribution in [1.82, 2.24) is 0 Å². The van der Waals surface area contributed by atoms with Crippen molar-refractivity contribution in [2.24, 2.45) is 0 Å². The standard InChI is InChI=1S/C24H24N2O3/c27-24(28)22-16-21(10-11-23(22)26-12-14-29-15-13-26)25-17-18-6-8-20(9-7-18)19-4-2-1-3-5-19/h1-11,16,25H,12-15,17H2,(H,27,28). The van der Waals surface area contributed by atoms with Gasteiger partial charge in [0.15, 0.2) is 0 Å². The molecule has 1 aliphatic heterocycles. The first-order chi connectivity index (χ1) is 14.2. The van der Waals surface area contributed by atoms with Gasteiger partial charge in [-0.25, -0.2) is 0 Å². The van der Waals surface area contributed by atoms with E-state index in [4.69, 9.17) is 4.74 Å². The zero-order valence-corrected chi connectivity index (χ0v) is 16.2. The largest absolute Gasteiger partial charge is 0.545 e. The van der Waals surface area contributed by atoms with E-state index in [-0.39, 0.29) is 5.56 Å². The summed E-state index contributed by atoms with van der Waals surface area (Å²) in [6.45, 7) is 3.43. The molecule has 1 aliphatic rings. The maximum Gasteiger partial charge on any atom is 0.140 e. The van der Waals surface area contributed by atoms with Crippen LogP contribution in [-0.4, -0.2) is 32.3 Å². The molecule has 1 saturated heterocycles. The number of anilines is 1. The van der Waals surface area contributed by atoms with Gasteiger partial charge in [-0.3, -0.25) is 4.90 Å². The van der Waals surface area contributed by atoms with Crippen LogP contribution in [0, 0.1) is 0 Å². The van der Waals surface area contributed by atoms with E-state index < -0.39 is 5.97 Å². The normalized spacial score (nSPS) is 14.5. The first-order valence-corrected chi connectivity index (χ1v) is 9.87. The molecular formula is C24H24N2O3. The van der Waals surface area contributed by atoms with E-state index in [2.05, 4.69) is 41.7 Å². The summed E-state index contributed by atoms with van der Waals surface area (Å²) in [4.78, 5) is 12.8. The number of carboxylic acid groups (broad SMARTS) is 1. The van der Waals surface area contributed by atoms with Crippen LogP contribution in [-0.2, 0) is 11.3 Å². The van der Waals surface area contributed by atoms with Gasteiger partial charge < -0.3 is 20.0 Å². The quantitative estimate of drug-likeness (QED) is 0.677. The predicted octanol–water partition coefficient (Wildman–Crippen LogP) is 1.88. The highest BCUT2D eigenvalue weighted by Crippen LogP contribution is 2.21. The average molecular weight is 388 g/mol. The fourth-order valence-electron chi connectivity index (χ4n) is 3.67. The van der Waals surface area contributed by atoms with Gasteiger partial charge in [0.05, 0.1) is 24.7 Å². The molecule has 3 aromatic carbocycles. The Kier molecular flexibility index (Phi) is 5.89. The Morgan fingerprint density at radius 1 is 0.931 bits per heavy atom. The van der Waals surface area contributed by atoms with Crippen molar-refractivity contribution >= 4 is 17.3 Å². The molecule has 3 aromatic rings. The van der Waals surface area contributed by atoms with Gasteiger partial charge in [0.25, 0.3) is 0 Å². The van der Waals surface area contributed by atoms with Crippen molar-refractivity contribution in [2.45, 2.75) is 6.54 Å². The summed E-state index contributed by atoms with van der Waals surface area (Å²) in [6, 6.07) is 24.1. The number of quaternary nitrogens is 1. The topological polar surface area (TPSA) is 65.8 Å². The molecule has 148 valence electrons. The maximum atomic E-state index is 11.7. The van der Waals surface area contributed by atoms with Gasteiger partial charge in [0.1, 0.15) is 18.8 Å². The number of ether oxygens (including phenoxy) is 1. The third-order valence-electron chi connectivity index (χ3n) is 5.27. The summed E-state index contributed by atoms with van der Waals surface area (Å²) in [5.41, 5.74) is 5.27. The van der Waals surface area contributed by atoms with Crippen molar-refractivity contribution in [3.05, 3.63) is 83.9 Å². The lowest BCUT2D eigenvalue weighted by molar-refractivity contribution is -0.842. The summed E-state index contributed by atoms with van der Waals surface area (Å²) >= 11 is 0. The fourth-order valence-corrected chi connectivity index (χ4v) is 3.67. The fraction of sp³-hybridized carbons (Fsp3) is 0.208. The summed E-state index contributed by atoms with van der Waals surface area (Å²) in [6.07, 6.45) is 0. The molecule has 0 atom stereocenters. The molecule has 0 spiro atoms. The third kappa shape index (κ3) is 4.65. The number of morpholine rings is 1. The first kappa shape index (κ1) is 19.2. The first-order valence-electron chi connectivity index (χ1n) is 9.87. The molecule has 5 nitrogen and oxygen atoms in total. The highest BCUT2D eigenvalue weighted by atomic mass is 16.5. The zero-order valence-electron chi connectivity index (χ0n) is 16.2. The molecule has 5 heteroatoms. The molecule has 0 radical (unpaired) electrons. The van der Waals surface area contributed by atoms with Crippen molar-refractivity contribution in [1.29, 1.82) is 0 Å². The minimum atomic E-state index is -1.14. The summed E-state index contributed by atoms with van der Waals surface area (Å²) in [7, 11) is 0. The van der Waals surface area contributed by atoms with Gasteiger partial charge in [0, 0.05) is 18.3 Å². The molecule has 0 bridgehead atoms. The predicted molar refractivity (Wildman–Crippen MR) is 111 cm³/mol. The van der Waals surface area contributed by atoms with E-state index in [0.29, 0.717) is 19.8 Å². The van der Waals surface area contributed by atoms with Gasteiger partial charge in [0.2, 0.25) is 0 Å². The van der Waals surface area contributed by atoms with Crippen LogP contribution in [0.3, 0.4) is 0 Å². The lowest BCUT2D eigenvalue weighted by atomic mass is 10.0. The van der Waals surface area contributed by atoms with Gasteiger partial charge in [-0.2, -0.15) is 0 Å². The molecule has 0 saturated carbocycles. The molecule has 1 fully saturated rings. The number of carboxylic acids is 1. The van der Waals surface area contributed by atoms with Crippen LogP contribution in [0.15, 0.2) is 72.8 Å². The zero-order chi connectivity index (χ0) is 20.1. The molecule has 0 aromatic heterocycles. The Morgan fingerprint density at radius 2 is 1.62 bits per heavy atom. The van der Waals surface area contributed by atoms with Crippen LogP contribution in [0.2, 0.25) is 0 Å². The Hall–Kier alpha value is -3.15. The van der Waals surface area contributed by atoms with Gasteiger partial charge in [-0.05, 0) is 28.8 Å². The Bertz CT molecular complexity index is 965. The number of aromatic carboxylic acids is 1. The lowest BCUT2D eigenvalue weighted by Gasteiger charge is -2.25. The average Bonchev–Trinajstić information content (AvgIpc) is 2.79. The third-order valence-corrected chi connectivity index (χ3v) is 5.27. The van der Waals surface area contributed by atoms with E-state index >= 15 is 0 Å². The van der Waals surface area contributed by atoms with Crippen molar-refractivity contribution < 1.29 is 19.5 Å². The van der Waals surface area contributed by atoms with Crippen LogP contribution in [0.25, 0.3) is 11.1 Å². The minimum absolute atomic E-state index is 0.242. The van der Waals surface area contributed by atoms with Gasteiger partial charge in [-0.15, -0.1) is 0 Å². The highest BCUT2D eigenvalue weighted by molar-refractivity contribution is 5.92. The molecule has 0 unspecified atom stereocenters. The summed E-state index contributed by atoms with van der Waals surface area (Å²) in [5, 5.41) is 15.0. The van der Waals surface area contributed by atoms with Gasteiger partial charge in [-0.1, -0.05) is 54.6 Å². The second-order valence-corrected chi connectivity index (χ2v) is 7.18. The second-order valence-electron chi connectivity index (χ2n) is 7.18. The molecule has 0 amide bonds. The molecule has 0 aliphatic carbocycles. The van der Waals surface area contributed by atoms with Crippen molar-refractivity contribution in [3.8, 4) is 11.1 Å². The number of hydrogen-bond donors (Lipinski definition) is 2. The van der Waals surface area contributed by atoms with Crippen molar-refractivity contribution in [2.75, 3.05) is 31.6 Å². The Morgan fingerprint density at radius 3 is 2.31 bits per heavy atom.